The van der Waals surface area contributed by atoms with Crippen LogP contribution in [0.4, 0.5) is 5.69 Å². The average molecular weight is 418 g/mol. The van der Waals surface area contributed by atoms with E-state index >= 15 is 0 Å². The number of nitrogens with two attached hydrogens (primary N) is 1. The third-order valence-electron chi connectivity index (χ3n) is 4.83. The summed E-state index contributed by atoms with van der Waals surface area (Å²) in [4.78, 5) is 27.4. The number of benzene rings is 3. The molecule has 0 fully saturated rings. The number of anilines is 1. The van der Waals surface area contributed by atoms with Gasteiger partial charge in [0, 0.05) is 29.9 Å². The molecule has 160 valence electrons. The summed E-state index contributed by atoms with van der Waals surface area (Å²) in [7, 11) is 1.56. The maximum atomic E-state index is 13.0. The second kappa shape index (κ2) is 10.9. The molecule has 0 saturated heterocycles. The Morgan fingerprint density at radius 3 is 2.42 bits per heavy atom. The predicted molar refractivity (Wildman–Crippen MR) is 122 cm³/mol. The Hall–Kier alpha value is -3.64. The molecule has 3 rings (SSSR count). The standard InChI is InChI=1S/C25H27N3O3/c1-31-23-13-6-11-21(17-23)24(29)27-22-12-5-8-19(16-22)18-28(15-7-14-26)25(30)20-9-3-2-4-10-20/h2-6,8-13,16-17H,7,14-15,18,26H2,1H3,(H,27,29). The maximum Gasteiger partial charge on any atom is 0.255 e. The number of rotatable bonds is 9. The maximum absolute atomic E-state index is 13.0. The van der Waals surface area contributed by atoms with E-state index in [0.717, 1.165) is 5.56 Å². The Kier molecular flexibility index (Phi) is 7.79. The first kappa shape index (κ1) is 22.1. The lowest BCUT2D eigenvalue weighted by Crippen LogP contribution is -2.32. The van der Waals surface area contributed by atoms with Gasteiger partial charge in [0.05, 0.1) is 7.11 Å². The fraction of sp³-hybridized carbons (Fsp3) is 0.200. The largest absolute Gasteiger partial charge is 0.497 e. The molecule has 0 aliphatic rings. The van der Waals surface area contributed by atoms with Gasteiger partial charge in [-0.3, -0.25) is 9.59 Å². The number of nitrogens with zero attached hydrogens (tertiary/aromatic N) is 1. The zero-order chi connectivity index (χ0) is 22.1. The van der Waals surface area contributed by atoms with E-state index in [1.54, 1.807) is 36.3 Å². The average Bonchev–Trinajstić information content (AvgIpc) is 2.82. The lowest BCUT2D eigenvalue weighted by Gasteiger charge is -2.23. The molecule has 2 amide bonds. The van der Waals surface area contributed by atoms with Crippen LogP contribution in [0.1, 0.15) is 32.7 Å². The zero-order valence-corrected chi connectivity index (χ0v) is 17.6. The molecule has 0 heterocycles. The fourth-order valence-corrected chi connectivity index (χ4v) is 3.23. The molecular formula is C25H27N3O3. The molecule has 0 spiro atoms. The van der Waals surface area contributed by atoms with Gasteiger partial charge < -0.3 is 20.7 Å². The number of hydrogen-bond acceptors (Lipinski definition) is 4. The lowest BCUT2D eigenvalue weighted by atomic mass is 10.1. The highest BCUT2D eigenvalue weighted by Gasteiger charge is 2.16. The molecule has 0 radical (unpaired) electrons. The van der Waals surface area contributed by atoms with Gasteiger partial charge in [-0.25, -0.2) is 0 Å². The number of carbonyl (C=O) groups is 2. The molecule has 0 aromatic heterocycles. The summed E-state index contributed by atoms with van der Waals surface area (Å²) in [5, 5.41) is 2.91. The van der Waals surface area contributed by atoms with Gasteiger partial charge in [0.1, 0.15) is 5.75 Å². The summed E-state index contributed by atoms with van der Waals surface area (Å²) in [5.41, 5.74) is 8.40. The van der Waals surface area contributed by atoms with Gasteiger partial charge >= 0.3 is 0 Å². The molecule has 0 unspecified atom stereocenters. The smallest absolute Gasteiger partial charge is 0.255 e. The summed E-state index contributed by atoms with van der Waals surface area (Å²) in [5.74, 6) is 0.354. The SMILES string of the molecule is COc1cccc(C(=O)Nc2cccc(CN(CCCN)C(=O)c3ccccc3)c2)c1. The monoisotopic (exact) mass is 417 g/mol. The number of carbonyl (C=O) groups excluding carboxylic acids is 2. The summed E-state index contributed by atoms with van der Waals surface area (Å²) >= 11 is 0. The van der Waals surface area contributed by atoms with Gasteiger partial charge in [0.25, 0.3) is 11.8 Å². The van der Waals surface area contributed by atoms with Crippen LogP contribution in [0.25, 0.3) is 0 Å². The van der Waals surface area contributed by atoms with Crippen LogP contribution in [-0.2, 0) is 6.54 Å². The van der Waals surface area contributed by atoms with E-state index in [2.05, 4.69) is 5.32 Å². The van der Waals surface area contributed by atoms with E-state index in [0.29, 0.717) is 48.6 Å². The van der Waals surface area contributed by atoms with Gasteiger partial charge in [-0.15, -0.1) is 0 Å². The molecule has 0 bridgehead atoms. The van der Waals surface area contributed by atoms with Crippen LogP contribution in [0, 0.1) is 0 Å². The third kappa shape index (κ3) is 6.17. The van der Waals surface area contributed by atoms with Crippen molar-refractivity contribution in [3.05, 3.63) is 95.6 Å². The molecule has 0 saturated carbocycles. The van der Waals surface area contributed by atoms with Gasteiger partial charge in [-0.2, -0.15) is 0 Å². The lowest BCUT2D eigenvalue weighted by molar-refractivity contribution is 0.0742. The highest BCUT2D eigenvalue weighted by atomic mass is 16.5. The minimum absolute atomic E-state index is 0.0418. The number of amides is 2. The van der Waals surface area contributed by atoms with Crippen molar-refractivity contribution in [3.63, 3.8) is 0 Å². The van der Waals surface area contributed by atoms with Crippen LogP contribution >= 0.6 is 0 Å². The van der Waals surface area contributed by atoms with Crippen LogP contribution in [0.2, 0.25) is 0 Å². The van der Waals surface area contributed by atoms with Crippen LogP contribution < -0.4 is 15.8 Å². The second-order valence-electron chi connectivity index (χ2n) is 7.12. The van der Waals surface area contributed by atoms with Gasteiger partial charge in [-0.05, 0) is 61.0 Å². The van der Waals surface area contributed by atoms with Crippen molar-refractivity contribution in [2.24, 2.45) is 5.73 Å². The summed E-state index contributed by atoms with van der Waals surface area (Å²) in [6.07, 6.45) is 0.713. The first-order valence-electron chi connectivity index (χ1n) is 10.2. The van der Waals surface area contributed by atoms with Crippen molar-refractivity contribution in [1.82, 2.24) is 4.90 Å². The molecule has 6 nitrogen and oxygen atoms in total. The normalized spacial score (nSPS) is 10.4. The minimum atomic E-state index is -0.226. The van der Waals surface area contributed by atoms with Crippen molar-refractivity contribution < 1.29 is 14.3 Å². The van der Waals surface area contributed by atoms with Crippen molar-refractivity contribution in [2.75, 3.05) is 25.5 Å². The van der Waals surface area contributed by atoms with Crippen LogP contribution in [0.3, 0.4) is 0 Å². The molecule has 3 aromatic carbocycles. The molecule has 0 aliphatic carbocycles. The highest BCUT2D eigenvalue weighted by Crippen LogP contribution is 2.18. The minimum Gasteiger partial charge on any atom is -0.497 e. The van der Waals surface area contributed by atoms with Crippen LogP contribution in [0.15, 0.2) is 78.9 Å². The third-order valence-corrected chi connectivity index (χ3v) is 4.83. The highest BCUT2D eigenvalue weighted by molar-refractivity contribution is 6.04. The number of nitrogens with one attached hydrogen (secondary N) is 1. The Bertz CT molecular complexity index is 1020. The molecular weight excluding hydrogens is 390 g/mol. The Balaban J connectivity index is 1.74. The summed E-state index contributed by atoms with van der Waals surface area (Å²) in [6.45, 7) is 1.50. The molecule has 6 heteroatoms. The molecule has 3 aromatic rings. The first-order chi connectivity index (χ1) is 15.1. The number of methoxy groups -OCH3 is 1. The Morgan fingerprint density at radius 2 is 1.68 bits per heavy atom. The van der Waals surface area contributed by atoms with Crippen molar-refractivity contribution in [2.45, 2.75) is 13.0 Å². The molecule has 31 heavy (non-hydrogen) atoms. The van der Waals surface area contributed by atoms with Crippen molar-refractivity contribution in [3.8, 4) is 5.75 Å². The van der Waals surface area contributed by atoms with E-state index in [1.807, 2.05) is 54.6 Å². The van der Waals surface area contributed by atoms with E-state index in [-0.39, 0.29) is 11.8 Å². The fourth-order valence-electron chi connectivity index (χ4n) is 3.23. The second-order valence-corrected chi connectivity index (χ2v) is 7.12. The van der Waals surface area contributed by atoms with Gasteiger partial charge in [-0.1, -0.05) is 36.4 Å². The van der Waals surface area contributed by atoms with E-state index < -0.39 is 0 Å². The topological polar surface area (TPSA) is 84.7 Å². The predicted octanol–water partition coefficient (Wildman–Crippen LogP) is 3.94. The van der Waals surface area contributed by atoms with E-state index in [1.165, 1.54) is 0 Å². The number of ether oxygens (including phenoxy) is 1. The van der Waals surface area contributed by atoms with Crippen molar-refractivity contribution in [1.29, 1.82) is 0 Å². The Labute approximate surface area is 182 Å². The van der Waals surface area contributed by atoms with Crippen LogP contribution in [-0.4, -0.2) is 36.9 Å². The summed E-state index contributed by atoms with van der Waals surface area (Å²) < 4.78 is 5.18. The van der Waals surface area contributed by atoms with Crippen molar-refractivity contribution >= 4 is 17.5 Å². The number of hydrogen-bond donors (Lipinski definition) is 2. The first-order valence-corrected chi connectivity index (χ1v) is 10.2. The Morgan fingerprint density at radius 1 is 0.935 bits per heavy atom. The summed E-state index contributed by atoms with van der Waals surface area (Å²) in [6, 6.07) is 23.7. The zero-order valence-electron chi connectivity index (χ0n) is 17.6. The molecule has 0 aliphatic heterocycles. The van der Waals surface area contributed by atoms with E-state index in [9.17, 15) is 9.59 Å². The van der Waals surface area contributed by atoms with Gasteiger partial charge in [0.15, 0.2) is 0 Å². The molecule has 0 atom stereocenters. The van der Waals surface area contributed by atoms with E-state index in [4.69, 9.17) is 10.5 Å². The molecule has 3 N–H and O–H groups in total. The quantitative estimate of drug-likeness (QED) is 0.552. The van der Waals surface area contributed by atoms with Crippen LogP contribution in [0.5, 0.6) is 5.75 Å². The van der Waals surface area contributed by atoms with Gasteiger partial charge in [0.2, 0.25) is 0 Å².